The molecule has 0 atom stereocenters. The maximum absolute atomic E-state index is 13.7. The molecule has 0 radical (unpaired) electrons. The molecule has 2 saturated heterocycles. The van der Waals surface area contributed by atoms with Crippen molar-refractivity contribution >= 4 is 26.7 Å². The van der Waals surface area contributed by atoms with Crippen molar-refractivity contribution in [2.24, 2.45) is 0 Å². The molecule has 2 aromatic carbocycles. The number of carbonyl (C=O) groups is 1. The smallest absolute Gasteiger partial charge is 0.416 e. The highest BCUT2D eigenvalue weighted by molar-refractivity contribution is 7.91. The van der Waals surface area contributed by atoms with Crippen LogP contribution >= 0.6 is 0 Å². The van der Waals surface area contributed by atoms with Crippen LogP contribution in [0.25, 0.3) is 22.2 Å². The standard InChI is InChI=1S/C32H38F3N3O5S/c1-3-43-27-19-26-24(18-28(27)44(41,42)4-2)29(31(39)40)25(30(36-26)21-9-8-10-22(17-21)32(33,34)35)20-37-15-11-23(12-16-37)38-13-6-5-7-14-38/h8-10,17-19,23H,3-7,11-16,20H2,1-2H3,(H,39,40). The third kappa shape index (κ3) is 6.72. The quantitative estimate of drug-likeness (QED) is 0.295. The van der Waals surface area contributed by atoms with Gasteiger partial charge in [-0.15, -0.1) is 0 Å². The first-order valence-electron chi connectivity index (χ1n) is 15.2. The Morgan fingerprint density at radius 1 is 1.05 bits per heavy atom. The number of sulfone groups is 1. The summed E-state index contributed by atoms with van der Waals surface area (Å²) in [6.07, 6.45) is 0.814. The molecule has 0 spiro atoms. The van der Waals surface area contributed by atoms with Gasteiger partial charge in [0.05, 0.1) is 34.7 Å². The number of fused-ring (bicyclic) bond motifs is 1. The van der Waals surface area contributed by atoms with Gasteiger partial charge < -0.3 is 14.7 Å². The van der Waals surface area contributed by atoms with Crippen molar-refractivity contribution in [2.75, 3.05) is 38.5 Å². The first-order valence-corrected chi connectivity index (χ1v) is 16.8. The number of halogens is 3. The van der Waals surface area contributed by atoms with Crippen LogP contribution in [0.15, 0.2) is 41.3 Å². The zero-order valence-electron chi connectivity index (χ0n) is 25.0. The lowest BCUT2D eigenvalue weighted by Gasteiger charge is -2.40. The number of aromatic carboxylic acids is 1. The molecule has 0 saturated carbocycles. The van der Waals surface area contributed by atoms with Crippen LogP contribution in [-0.2, 0) is 22.6 Å². The van der Waals surface area contributed by atoms with Crippen LogP contribution in [-0.4, -0.2) is 78.9 Å². The number of carboxylic acids is 1. The summed E-state index contributed by atoms with van der Waals surface area (Å²) in [4.78, 5) is 22.2. The van der Waals surface area contributed by atoms with E-state index in [9.17, 15) is 31.5 Å². The van der Waals surface area contributed by atoms with Gasteiger partial charge in [0, 0.05) is 35.2 Å². The van der Waals surface area contributed by atoms with Crippen LogP contribution in [0, 0.1) is 0 Å². The van der Waals surface area contributed by atoms with Gasteiger partial charge in [0.25, 0.3) is 0 Å². The molecule has 8 nitrogen and oxygen atoms in total. The lowest BCUT2D eigenvalue weighted by molar-refractivity contribution is -0.137. The van der Waals surface area contributed by atoms with E-state index >= 15 is 0 Å². The molecule has 0 aliphatic carbocycles. The summed E-state index contributed by atoms with van der Waals surface area (Å²) in [7, 11) is -3.81. The zero-order valence-corrected chi connectivity index (χ0v) is 25.8. The lowest BCUT2D eigenvalue weighted by atomic mass is 9.94. The van der Waals surface area contributed by atoms with Gasteiger partial charge in [-0.2, -0.15) is 13.2 Å². The van der Waals surface area contributed by atoms with Gasteiger partial charge >= 0.3 is 12.1 Å². The average molecular weight is 634 g/mol. The Kier molecular flexibility index (Phi) is 9.52. The molecular weight excluding hydrogens is 595 g/mol. The van der Waals surface area contributed by atoms with Crippen LogP contribution in [0.5, 0.6) is 5.75 Å². The van der Waals surface area contributed by atoms with Gasteiger partial charge in [-0.3, -0.25) is 4.90 Å². The average Bonchev–Trinajstić information content (AvgIpc) is 3.01. The Hall–Kier alpha value is -3.22. The second-order valence-corrected chi connectivity index (χ2v) is 13.7. The normalized spacial score (nSPS) is 17.7. The van der Waals surface area contributed by atoms with E-state index in [-0.39, 0.29) is 62.8 Å². The minimum atomic E-state index is -4.61. The zero-order chi connectivity index (χ0) is 31.6. The van der Waals surface area contributed by atoms with Crippen LogP contribution < -0.4 is 4.74 Å². The molecule has 3 aromatic rings. The maximum Gasteiger partial charge on any atom is 0.416 e. The number of alkyl halides is 3. The van der Waals surface area contributed by atoms with E-state index in [0.717, 1.165) is 38.1 Å². The first kappa shape index (κ1) is 32.2. The van der Waals surface area contributed by atoms with Gasteiger partial charge in [-0.05, 0) is 77.0 Å². The number of pyridine rings is 1. The van der Waals surface area contributed by atoms with E-state index in [4.69, 9.17) is 9.72 Å². The van der Waals surface area contributed by atoms with Crippen molar-refractivity contribution in [1.82, 2.24) is 14.8 Å². The van der Waals surface area contributed by atoms with E-state index in [1.807, 2.05) is 0 Å². The molecular formula is C32H38F3N3O5S. The highest BCUT2D eigenvalue weighted by Crippen LogP contribution is 2.39. The Balaban J connectivity index is 1.66. The predicted molar refractivity (Wildman–Crippen MR) is 162 cm³/mol. The Morgan fingerprint density at radius 2 is 1.75 bits per heavy atom. The summed E-state index contributed by atoms with van der Waals surface area (Å²) >= 11 is 0. The van der Waals surface area contributed by atoms with Crippen molar-refractivity contribution < 1.29 is 36.2 Å². The Morgan fingerprint density at radius 3 is 2.36 bits per heavy atom. The fraction of sp³-hybridized carbons (Fsp3) is 0.500. The Labute approximate surface area is 255 Å². The summed E-state index contributed by atoms with van der Waals surface area (Å²) < 4.78 is 72.9. The highest BCUT2D eigenvalue weighted by atomic mass is 32.2. The molecule has 0 bridgehead atoms. The molecule has 5 rings (SSSR count). The number of rotatable bonds is 9. The van der Waals surface area contributed by atoms with Crippen LogP contribution in [0.2, 0.25) is 0 Å². The third-order valence-electron chi connectivity index (χ3n) is 8.69. The van der Waals surface area contributed by atoms with Gasteiger partial charge in [0.1, 0.15) is 10.6 Å². The summed E-state index contributed by atoms with van der Waals surface area (Å²) in [5, 5.41) is 10.7. The van der Waals surface area contributed by atoms with Crippen molar-refractivity contribution in [3.05, 3.63) is 53.1 Å². The van der Waals surface area contributed by atoms with Gasteiger partial charge in [0.2, 0.25) is 0 Å². The SMILES string of the molecule is CCOc1cc2nc(-c3cccc(C(F)(F)F)c3)c(CN3CCC(N4CCCCC4)CC3)c(C(=O)O)c2cc1S(=O)(=O)CC. The number of nitrogens with zero attached hydrogens (tertiary/aromatic N) is 3. The van der Waals surface area contributed by atoms with Crippen LogP contribution in [0.1, 0.15) is 67.4 Å². The number of ether oxygens (including phenoxy) is 1. The molecule has 1 aromatic heterocycles. The van der Waals surface area contributed by atoms with E-state index < -0.39 is 27.5 Å². The van der Waals surface area contributed by atoms with E-state index in [1.54, 1.807) is 6.92 Å². The van der Waals surface area contributed by atoms with E-state index in [0.29, 0.717) is 19.1 Å². The van der Waals surface area contributed by atoms with Crippen LogP contribution in [0.3, 0.4) is 0 Å². The second-order valence-electron chi connectivity index (χ2n) is 11.5. The summed E-state index contributed by atoms with van der Waals surface area (Å²) in [5.41, 5.74) is -0.415. The number of hydrogen-bond acceptors (Lipinski definition) is 7. The molecule has 2 aliphatic heterocycles. The van der Waals surface area contributed by atoms with Crippen molar-refractivity contribution in [1.29, 1.82) is 0 Å². The van der Waals surface area contributed by atoms with Gasteiger partial charge in [-0.1, -0.05) is 25.5 Å². The van der Waals surface area contributed by atoms with Crippen LogP contribution in [0.4, 0.5) is 13.2 Å². The highest BCUT2D eigenvalue weighted by Gasteiger charge is 2.33. The van der Waals surface area contributed by atoms with E-state index in [1.165, 1.54) is 50.5 Å². The van der Waals surface area contributed by atoms with Gasteiger partial charge in [-0.25, -0.2) is 18.2 Å². The summed E-state index contributed by atoms with van der Waals surface area (Å²) in [6.45, 7) is 7.01. The molecule has 3 heterocycles. The fourth-order valence-electron chi connectivity index (χ4n) is 6.41. The lowest BCUT2D eigenvalue weighted by Crippen LogP contribution is -2.46. The Bertz CT molecular complexity index is 1630. The minimum absolute atomic E-state index is 0.0215. The molecule has 0 amide bonds. The topological polar surface area (TPSA) is 100 Å². The van der Waals surface area contributed by atoms with Crippen molar-refractivity contribution in [3.63, 3.8) is 0 Å². The number of piperidine rings is 2. The van der Waals surface area contributed by atoms with E-state index in [2.05, 4.69) is 9.80 Å². The summed E-state index contributed by atoms with van der Waals surface area (Å²) in [6, 6.07) is 7.81. The number of hydrogen-bond donors (Lipinski definition) is 1. The first-order chi connectivity index (χ1) is 20.9. The molecule has 0 unspecified atom stereocenters. The monoisotopic (exact) mass is 633 g/mol. The molecule has 2 aliphatic rings. The summed E-state index contributed by atoms with van der Waals surface area (Å²) in [5.74, 6) is -1.52. The molecule has 44 heavy (non-hydrogen) atoms. The molecule has 2 fully saturated rings. The number of benzene rings is 2. The van der Waals surface area contributed by atoms with Crippen molar-refractivity contribution in [3.8, 4) is 17.0 Å². The molecule has 1 N–H and O–H groups in total. The third-order valence-corrected chi connectivity index (χ3v) is 10.4. The maximum atomic E-state index is 13.7. The van der Waals surface area contributed by atoms with Gasteiger partial charge in [0.15, 0.2) is 9.84 Å². The predicted octanol–water partition coefficient (Wildman–Crippen LogP) is 6.26. The second kappa shape index (κ2) is 13.0. The molecule has 238 valence electrons. The fourth-order valence-corrected chi connectivity index (χ4v) is 7.44. The number of aromatic nitrogens is 1. The van der Waals surface area contributed by atoms with Crippen molar-refractivity contribution in [2.45, 2.75) is 69.6 Å². The number of carboxylic acid groups (broad SMARTS) is 1. The number of likely N-dealkylation sites (tertiary alicyclic amines) is 2. The largest absolute Gasteiger partial charge is 0.492 e. The molecule has 12 heteroatoms. The minimum Gasteiger partial charge on any atom is -0.492 e.